The number of nitrogens with zero attached hydrogens (tertiary/aromatic N) is 1. The Kier molecular flexibility index (Phi) is 4.92. The van der Waals surface area contributed by atoms with Gasteiger partial charge in [-0.05, 0) is 43.2 Å². The van der Waals surface area contributed by atoms with Crippen LogP contribution in [0.3, 0.4) is 0 Å². The average molecular weight is 383 g/mol. The molecule has 0 saturated carbocycles. The Morgan fingerprint density at radius 3 is 2.92 bits per heavy atom. The first-order valence-electron chi connectivity index (χ1n) is 8.99. The summed E-state index contributed by atoms with van der Waals surface area (Å²) < 4.78 is 0. The van der Waals surface area contributed by atoms with Crippen molar-refractivity contribution in [2.24, 2.45) is 5.92 Å². The van der Waals surface area contributed by atoms with Gasteiger partial charge in [-0.3, -0.25) is 10.1 Å². The van der Waals surface area contributed by atoms with Gasteiger partial charge in [-0.15, -0.1) is 22.7 Å². The molecule has 4 rings (SSSR count). The third kappa shape index (κ3) is 3.74. The lowest BCUT2D eigenvalue weighted by Gasteiger charge is -2.18. The average Bonchev–Trinajstić information content (AvgIpc) is 3.23. The summed E-state index contributed by atoms with van der Waals surface area (Å²) >= 11 is 3.28. The molecule has 0 aliphatic heterocycles. The molecular weight excluding hydrogens is 360 g/mol. The van der Waals surface area contributed by atoms with Crippen LogP contribution in [-0.2, 0) is 19.3 Å². The lowest BCUT2D eigenvalue weighted by Crippen LogP contribution is -2.16. The van der Waals surface area contributed by atoms with Crippen molar-refractivity contribution >= 4 is 33.7 Å². The van der Waals surface area contributed by atoms with Crippen LogP contribution in [0, 0.1) is 12.8 Å². The van der Waals surface area contributed by atoms with Gasteiger partial charge in [0.2, 0.25) is 0 Å². The normalized spacial score (nSPS) is 16.3. The Morgan fingerprint density at radius 2 is 2.12 bits per heavy atom. The fourth-order valence-electron chi connectivity index (χ4n) is 3.39. The molecule has 0 spiro atoms. The van der Waals surface area contributed by atoms with Gasteiger partial charge in [0.05, 0.1) is 5.56 Å². The molecule has 1 amide bonds. The third-order valence-corrected chi connectivity index (χ3v) is 6.88. The minimum atomic E-state index is -0.0201. The number of carbonyl (C=O) groups excluding carboxylic acids is 1. The number of rotatable bonds is 4. The third-order valence-electron chi connectivity index (χ3n) is 4.92. The Balaban J connectivity index is 1.44. The zero-order valence-corrected chi connectivity index (χ0v) is 16.7. The molecule has 26 heavy (non-hydrogen) atoms. The molecule has 0 saturated heterocycles. The minimum absolute atomic E-state index is 0.0201. The molecule has 1 N–H and O–H groups in total. The molecule has 1 atom stereocenters. The lowest BCUT2D eigenvalue weighted by molar-refractivity contribution is 0.102. The maximum Gasteiger partial charge on any atom is 0.258 e. The van der Waals surface area contributed by atoms with Crippen molar-refractivity contribution in [2.75, 3.05) is 5.32 Å². The first-order chi connectivity index (χ1) is 12.6. The van der Waals surface area contributed by atoms with Crippen LogP contribution in [0.4, 0.5) is 5.13 Å². The molecule has 0 bridgehead atoms. The monoisotopic (exact) mass is 382 g/mol. The van der Waals surface area contributed by atoms with E-state index in [4.69, 9.17) is 0 Å². The van der Waals surface area contributed by atoms with Crippen LogP contribution in [-0.4, -0.2) is 10.9 Å². The van der Waals surface area contributed by atoms with E-state index in [1.54, 1.807) is 22.7 Å². The number of aromatic nitrogens is 1. The molecule has 3 nitrogen and oxygen atoms in total. The summed E-state index contributed by atoms with van der Waals surface area (Å²) in [6, 6.07) is 8.54. The quantitative estimate of drug-likeness (QED) is 0.649. The Hall–Kier alpha value is -1.98. The van der Waals surface area contributed by atoms with Crippen LogP contribution < -0.4 is 5.32 Å². The van der Waals surface area contributed by atoms with E-state index < -0.39 is 0 Å². The molecule has 1 aromatic carbocycles. The number of amides is 1. The van der Waals surface area contributed by atoms with Crippen molar-refractivity contribution in [2.45, 2.75) is 39.5 Å². The van der Waals surface area contributed by atoms with Crippen LogP contribution in [0.15, 0.2) is 35.8 Å². The standard InChI is InChI=1S/C21H22N2OS2/c1-13-3-6-15(7-4-13)10-16-11-22-21(26-16)23-20(24)18-12-25-19-9-14(2)5-8-17(18)19/h3-4,6-7,11-12,14H,5,8-10H2,1-2H3,(H,22,23,24). The molecule has 134 valence electrons. The second-order valence-corrected chi connectivity index (χ2v) is 9.23. The second kappa shape index (κ2) is 7.33. The molecule has 1 unspecified atom stereocenters. The van der Waals surface area contributed by atoms with E-state index in [1.165, 1.54) is 28.0 Å². The summed E-state index contributed by atoms with van der Waals surface area (Å²) in [5, 5.41) is 5.69. The number of benzene rings is 1. The molecule has 3 aromatic rings. The Bertz CT molecular complexity index is 924. The summed E-state index contributed by atoms with van der Waals surface area (Å²) in [6.45, 7) is 4.38. The van der Waals surface area contributed by atoms with Crippen molar-refractivity contribution in [3.8, 4) is 0 Å². The molecular formula is C21H22N2OS2. The highest BCUT2D eigenvalue weighted by Crippen LogP contribution is 2.33. The highest BCUT2D eigenvalue weighted by Gasteiger charge is 2.23. The SMILES string of the molecule is Cc1ccc(Cc2cnc(NC(=O)c3csc4c3CCC(C)C4)s2)cc1. The van der Waals surface area contributed by atoms with Gasteiger partial charge in [-0.2, -0.15) is 0 Å². The summed E-state index contributed by atoms with van der Waals surface area (Å²) in [5.74, 6) is 0.702. The highest BCUT2D eigenvalue weighted by atomic mass is 32.1. The lowest BCUT2D eigenvalue weighted by atomic mass is 9.88. The number of fused-ring (bicyclic) bond motifs is 1. The van der Waals surface area contributed by atoms with Crippen LogP contribution in [0.2, 0.25) is 0 Å². The zero-order chi connectivity index (χ0) is 18.1. The Morgan fingerprint density at radius 1 is 1.31 bits per heavy atom. The van der Waals surface area contributed by atoms with Crippen molar-refractivity contribution in [3.63, 3.8) is 0 Å². The van der Waals surface area contributed by atoms with Gasteiger partial charge in [0.15, 0.2) is 5.13 Å². The van der Waals surface area contributed by atoms with Gasteiger partial charge in [0, 0.05) is 27.8 Å². The van der Waals surface area contributed by atoms with Crippen molar-refractivity contribution in [3.05, 3.63) is 67.9 Å². The zero-order valence-electron chi connectivity index (χ0n) is 15.0. The van der Waals surface area contributed by atoms with Gasteiger partial charge in [0.1, 0.15) is 0 Å². The fourth-order valence-corrected chi connectivity index (χ4v) is 5.47. The van der Waals surface area contributed by atoms with E-state index in [2.05, 4.69) is 48.4 Å². The fraction of sp³-hybridized carbons (Fsp3) is 0.333. The summed E-state index contributed by atoms with van der Waals surface area (Å²) in [5.41, 5.74) is 4.62. The molecule has 0 radical (unpaired) electrons. The number of hydrogen-bond acceptors (Lipinski definition) is 4. The molecule has 1 aliphatic carbocycles. The molecule has 2 aromatic heterocycles. The van der Waals surface area contributed by atoms with Crippen molar-refractivity contribution in [1.29, 1.82) is 0 Å². The van der Waals surface area contributed by atoms with E-state index >= 15 is 0 Å². The van der Waals surface area contributed by atoms with Gasteiger partial charge in [0.25, 0.3) is 5.91 Å². The predicted octanol–water partition coefficient (Wildman–Crippen LogP) is 5.48. The number of hydrogen-bond donors (Lipinski definition) is 1. The number of carbonyl (C=O) groups is 1. The molecule has 1 aliphatic rings. The number of thiophene rings is 1. The van der Waals surface area contributed by atoms with E-state index in [-0.39, 0.29) is 5.91 Å². The maximum absolute atomic E-state index is 12.7. The number of thiazole rings is 1. The largest absolute Gasteiger partial charge is 0.298 e. The summed E-state index contributed by atoms with van der Waals surface area (Å²) in [6.07, 6.45) is 6.00. The first-order valence-corrected chi connectivity index (χ1v) is 10.7. The second-order valence-electron chi connectivity index (χ2n) is 7.15. The van der Waals surface area contributed by atoms with E-state index in [9.17, 15) is 4.79 Å². The van der Waals surface area contributed by atoms with Crippen LogP contribution in [0.5, 0.6) is 0 Å². The van der Waals surface area contributed by atoms with E-state index in [0.717, 1.165) is 35.6 Å². The van der Waals surface area contributed by atoms with Gasteiger partial charge in [-0.1, -0.05) is 36.8 Å². The van der Waals surface area contributed by atoms with Crippen molar-refractivity contribution in [1.82, 2.24) is 4.98 Å². The molecule has 2 heterocycles. The van der Waals surface area contributed by atoms with E-state index in [1.807, 2.05) is 11.6 Å². The van der Waals surface area contributed by atoms with Gasteiger partial charge in [-0.25, -0.2) is 4.98 Å². The topological polar surface area (TPSA) is 42.0 Å². The predicted molar refractivity (Wildman–Crippen MR) is 110 cm³/mol. The van der Waals surface area contributed by atoms with Gasteiger partial charge < -0.3 is 0 Å². The van der Waals surface area contributed by atoms with Crippen molar-refractivity contribution < 1.29 is 4.79 Å². The number of anilines is 1. The Labute approximate surface area is 162 Å². The smallest absolute Gasteiger partial charge is 0.258 e. The summed E-state index contributed by atoms with van der Waals surface area (Å²) in [7, 11) is 0. The van der Waals surface area contributed by atoms with Gasteiger partial charge >= 0.3 is 0 Å². The van der Waals surface area contributed by atoms with E-state index in [0.29, 0.717) is 5.13 Å². The minimum Gasteiger partial charge on any atom is -0.298 e. The number of nitrogens with one attached hydrogen (secondary N) is 1. The van der Waals surface area contributed by atoms with Crippen LogP contribution >= 0.6 is 22.7 Å². The first kappa shape index (κ1) is 17.4. The van der Waals surface area contributed by atoms with Crippen LogP contribution in [0.25, 0.3) is 0 Å². The number of aryl methyl sites for hydroxylation is 1. The van der Waals surface area contributed by atoms with Crippen LogP contribution in [0.1, 0.15) is 50.1 Å². The molecule has 5 heteroatoms. The maximum atomic E-state index is 12.7. The molecule has 0 fully saturated rings. The summed E-state index contributed by atoms with van der Waals surface area (Å²) in [4.78, 5) is 19.6. The highest BCUT2D eigenvalue weighted by molar-refractivity contribution is 7.15.